The molecule has 1 saturated carbocycles. The molecule has 1 fully saturated rings. The second kappa shape index (κ2) is 6.49. The van der Waals surface area contributed by atoms with Crippen molar-refractivity contribution in [3.63, 3.8) is 0 Å². The fraction of sp³-hybridized carbons (Fsp3) is 0.333. The van der Waals surface area contributed by atoms with Gasteiger partial charge >= 0.3 is 0 Å². The molecule has 1 aliphatic carbocycles. The van der Waals surface area contributed by atoms with E-state index in [2.05, 4.69) is 35.7 Å². The summed E-state index contributed by atoms with van der Waals surface area (Å²) in [5.41, 5.74) is 1.05. The zero-order chi connectivity index (χ0) is 18.3. The van der Waals surface area contributed by atoms with Gasteiger partial charge in [0.05, 0.1) is 22.5 Å². The molecule has 0 spiro atoms. The largest absolute Gasteiger partial charge is 0.368 e. The van der Waals surface area contributed by atoms with Crippen molar-refractivity contribution in [1.29, 1.82) is 0 Å². The molecule has 7 nitrogen and oxygen atoms in total. The number of aromatic nitrogens is 3. The summed E-state index contributed by atoms with van der Waals surface area (Å²) in [4.78, 5) is 9.74. The molecular weight excluding hydrogens is 365 g/mol. The Morgan fingerprint density at radius 3 is 2.85 bits per heavy atom. The second-order valence-corrected chi connectivity index (χ2v) is 7.92. The molecule has 0 aromatic carbocycles. The van der Waals surface area contributed by atoms with E-state index in [-0.39, 0.29) is 16.6 Å². The number of hydrogen-bond acceptors (Lipinski definition) is 8. The summed E-state index contributed by atoms with van der Waals surface area (Å²) in [6.07, 6.45) is 6.27. The van der Waals surface area contributed by atoms with Crippen LogP contribution in [0.5, 0.6) is 0 Å². The first-order chi connectivity index (χ1) is 13.2. The molecule has 0 radical (unpaired) electrons. The maximum atomic E-state index is 14.2. The lowest BCUT2D eigenvalue weighted by molar-refractivity contribution is 0.243. The van der Waals surface area contributed by atoms with Crippen LogP contribution < -0.4 is 5.32 Å². The van der Waals surface area contributed by atoms with E-state index in [1.54, 1.807) is 30.2 Å². The van der Waals surface area contributed by atoms with E-state index < -0.39 is 0 Å². The van der Waals surface area contributed by atoms with Crippen molar-refractivity contribution in [2.24, 2.45) is 15.2 Å². The van der Waals surface area contributed by atoms with E-state index in [1.165, 1.54) is 6.07 Å². The van der Waals surface area contributed by atoms with E-state index in [9.17, 15) is 4.39 Å². The lowest BCUT2D eigenvalue weighted by atomic mass is 9.66. The molecule has 1 unspecified atom stereocenters. The number of rotatable bonds is 5. The van der Waals surface area contributed by atoms with Gasteiger partial charge in [0.25, 0.3) is 0 Å². The topological polar surface area (TPSA) is 87.8 Å². The Labute approximate surface area is 159 Å². The highest BCUT2D eigenvalue weighted by atomic mass is 32.2. The van der Waals surface area contributed by atoms with Gasteiger partial charge in [-0.25, -0.2) is 9.38 Å². The highest BCUT2D eigenvalue weighted by molar-refractivity contribution is 8.04. The summed E-state index contributed by atoms with van der Waals surface area (Å²) in [7, 11) is 0. The number of fused-ring (bicyclic) bond motifs is 1. The smallest absolute Gasteiger partial charge is 0.186 e. The van der Waals surface area contributed by atoms with Gasteiger partial charge in [0, 0.05) is 18.2 Å². The van der Waals surface area contributed by atoms with Crippen molar-refractivity contribution in [2.75, 3.05) is 11.9 Å². The Hall–Kier alpha value is -2.68. The monoisotopic (exact) mass is 381 g/mol. The fourth-order valence-corrected chi connectivity index (χ4v) is 4.45. The standard InChI is InChI=1S/C18H16FN7S/c19-11-3-1-8-20-15(11)18(6-2-7-18)10-21-14-5-4-12(24-25-14)17-23-16-13(27-17)9-22-26-16/h1,3-5,8-9,17H,2,6-7,10H2,(H,21,25). The van der Waals surface area contributed by atoms with Crippen LogP contribution in [0, 0.1) is 5.82 Å². The van der Waals surface area contributed by atoms with Gasteiger partial charge in [-0.3, -0.25) is 4.98 Å². The van der Waals surface area contributed by atoms with E-state index in [1.807, 2.05) is 12.1 Å². The number of hydrogen-bond donors (Lipinski definition) is 1. The molecule has 4 heterocycles. The first kappa shape index (κ1) is 16.5. The van der Waals surface area contributed by atoms with E-state index >= 15 is 0 Å². The summed E-state index contributed by atoms with van der Waals surface area (Å²) in [5.74, 6) is 1.09. The van der Waals surface area contributed by atoms with Crippen molar-refractivity contribution in [3.05, 3.63) is 58.8 Å². The Balaban J connectivity index is 1.28. The summed E-state index contributed by atoms with van der Waals surface area (Å²) in [5, 5.41) is 19.5. The average Bonchev–Trinajstić information content (AvgIpc) is 3.25. The van der Waals surface area contributed by atoms with E-state index in [4.69, 9.17) is 0 Å². The maximum Gasteiger partial charge on any atom is 0.186 e. The number of anilines is 1. The number of nitrogens with one attached hydrogen (secondary N) is 1. The zero-order valence-corrected chi connectivity index (χ0v) is 15.2. The molecule has 2 aliphatic heterocycles. The van der Waals surface area contributed by atoms with Gasteiger partial charge in [0.2, 0.25) is 0 Å². The molecule has 27 heavy (non-hydrogen) atoms. The average molecular weight is 381 g/mol. The maximum absolute atomic E-state index is 14.2. The molecule has 0 amide bonds. The third-order valence-corrected chi connectivity index (χ3v) is 6.26. The van der Waals surface area contributed by atoms with Gasteiger partial charge in [-0.05, 0) is 37.1 Å². The summed E-state index contributed by atoms with van der Waals surface area (Å²) in [6, 6.07) is 6.89. The molecule has 9 heteroatoms. The second-order valence-electron chi connectivity index (χ2n) is 6.80. The molecular formula is C18H16FN7S. The zero-order valence-electron chi connectivity index (χ0n) is 14.3. The first-order valence-corrected chi connectivity index (χ1v) is 9.66. The molecule has 2 aromatic heterocycles. The van der Waals surface area contributed by atoms with Crippen LogP contribution in [0.25, 0.3) is 0 Å². The predicted molar refractivity (Wildman–Crippen MR) is 101 cm³/mol. The highest BCUT2D eigenvalue weighted by Gasteiger charge is 2.41. The van der Waals surface area contributed by atoms with Crippen LogP contribution in [0.2, 0.25) is 0 Å². The highest BCUT2D eigenvalue weighted by Crippen LogP contribution is 2.45. The molecule has 136 valence electrons. The lowest BCUT2D eigenvalue weighted by Crippen LogP contribution is -2.42. The van der Waals surface area contributed by atoms with Gasteiger partial charge in [0.15, 0.2) is 5.84 Å². The number of halogens is 1. The van der Waals surface area contributed by atoms with Crippen LogP contribution in [0.4, 0.5) is 10.2 Å². The minimum absolute atomic E-state index is 0.132. The lowest BCUT2D eigenvalue weighted by Gasteiger charge is -2.41. The summed E-state index contributed by atoms with van der Waals surface area (Å²) in [6.45, 7) is 0.586. The SMILES string of the molecule is Fc1cccnc1C1(CNc2ccc(C3N=C4N=NC=C4S3)nn2)CCC1. The number of pyridine rings is 1. The number of azo groups is 1. The van der Waals surface area contributed by atoms with Crippen LogP contribution >= 0.6 is 11.8 Å². The van der Waals surface area contributed by atoms with Crippen LogP contribution in [0.1, 0.15) is 36.0 Å². The van der Waals surface area contributed by atoms with Crippen molar-refractivity contribution in [2.45, 2.75) is 30.1 Å². The van der Waals surface area contributed by atoms with Crippen LogP contribution in [-0.2, 0) is 5.41 Å². The van der Waals surface area contributed by atoms with Crippen molar-refractivity contribution in [1.82, 2.24) is 15.2 Å². The number of thioether (sulfide) groups is 1. The number of amidine groups is 1. The minimum Gasteiger partial charge on any atom is -0.368 e. The van der Waals surface area contributed by atoms with Gasteiger partial charge in [-0.2, -0.15) is 10.2 Å². The van der Waals surface area contributed by atoms with Crippen LogP contribution in [0.3, 0.4) is 0 Å². The van der Waals surface area contributed by atoms with Gasteiger partial charge in [-0.1, -0.05) is 18.2 Å². The molecule has 1 N–H and O–H groups in total. The normalized spacial score (nSPS) is 22.0. The van der Waals surface area contributed by atoms with Crippen molar-refractivity contribution < 1.29 is 4.39 Å². The van der Waals surface area contributed by atoms with Crippen molar-refractivity contribution in [3.8, 4) is 0 Å². The Kier molecular flexibility index (Phi) is 3.96. The Bertz CT molecular complexity index is 966. The van der Waals surface area contributed by atoms with Crippen LogP contribution in [0.15, 0.2) is 56.8 Å². The quantitative estimate of drug-likeness (QED) is 0.846. The van der Waals surface area contributed by atoms with E-state index in [0.29, 0.717) is 23.9 Å². The molecule has 0 saturated heterocycles. The van der Waals surface area contributed by atoms with Crippen LogP contribution in [-0.4, -0.2) is 27.6 Å². The fourth-order valence-electron chi connectivity index (χ4n) is 3.50. The van der Waals surface area contributed by atoms with Gasteiger partial charge < -0.3 is 5.32 Å². The Morgan fingerprint density at radius 2 is 2.15 bits per heavy atom. The summed E-state index contributed by atoms with van der Waals surface area (Å²) < 4.78 is 14.2. The van der Waals surface area contributed by atoms with E-state index in [0.717, 1.165) is 29.9 Å². The van der Waals surface area contributed by atoms with Gasteiger partial charge in [0.1, 0.15) is 17.0 Å². The van der Waals surface area contributed by atoms with Crippen molar-refractivity contribution >= 4 is 23.4 Å². The molecule has 3 aliphatic rings. The predicted octanol–water partition coefficient (Wildman–Crippen LogP) is 4.00. The number of aliphatic imine (C=N–C) groups is 1. The third-order valence-electron chi connectivity index (χ3n) is 5.14. The molecule has 1 atom stereocenters. The molecule has 0 bridgehead atoms. The molecule has 5 rings (SSSR count). The number of nitrogens with zero attached hydrogens (tertiary/aromatic N) is 6. The summed E-state index contributed by atoms with van der Waals surface area (Å²) >= 11 is 1.57. The Morgan fingerprint density at radius 1 is 1.22 bits per heavy atom. The first-order valence-electron chi connectivity index (χ1n) is 8.78. The minimum atomic E-state index is -0.270. The van der Waals surface area contributed by atoms with Gasteiger partial charge in [-0.15, -0.1) is 10.2 Å². The third kappa shape index (κ3) is 2.91. The molecule has 2 aromatic rings.